The molecule has 1 fully saturated rings. The summed E-state index contributed by atoms with van der Waals surface area (Å²) < 4.78 is 0. The molecule has 4 nitrogen and oxygen atoms in total. The summed E-state index contributed by atoms with van der Waals surface area (Å²) in [6.45, 7) is 6.99. The van der Waals surface area contributed by atoms with Gasteiger partial charge in [-0.15, -0.1) is 0 Å². The topological polar surface area (TPSA) is 52.6 Å². The van der Waals surface area contributed by atoms with Crippen molar-refractivity contribution in [2.75, 3.05) is 6.54 Å². The smallest absolute Gasteiger partial charge is 0.317 e. The number of carbonyl (C=O) groups is 1. The molecule has 0 aliphatic heterocycles. The van der Waals surface area contributed by atoms with Crippen molar-refractivity contribution in [1.29, 1.82) is 0 Å². The third kappa shape index (κ3) is 5.23. The van der Waals surface area contributed by atoms with Gasteiger partial charge < -0.3 is 15.3 Å². The van der Waals surface area contributed by atoms with Crippen molar-refractivity contribution in [3.05, 3.63) is 35.4 Å². The number of nitrogens with one attached hydrogen (secondary N) is 1. The molecule has 2 rings (SSSR count). The van der Waals surface area contributed by atoms with Crippen LogP contribution in [0.4, 0.5) is 4.79 Å². The van der Waals surface area contributed by atoms with Gasteiger partial charge in [0.1, 0.15) is 0 Å². The van der Waals surface area contributed by atoms with Gasteiger partial charge in [0.05, 0.1) is 6.10 Å². The van der Waals surface area contributed by atoms with Crippen LogP contribution in [0.25, 0.3) is 0 Å². The van der Waals surface area contributed by atoms with Gasteiger partial charge in [-0.25, -0.2) is 4.79 Å². The number of nitrogens with zero attached hydrogens (tertiary/aromatic N) is 1. The van der Waals surface area contributed by atoms with E-state index in [9.17, 15) is 9.90 Å². The number of urea groups is 1. The summed E-state index contributed by atoms with van der Waals surface area (Å²) in [6.07, 6.45) is 4.97. The van der Waals surface area contributed by atoms with Crippen LogP contribution in [0.3, 0.4) is 0 Å². The molecule has 1 aliphatic rings. The largest absolute Gasteiger partial charge is 0.393 e. The maximum atomic E-state index is 12.7. The summed E-state index contributed by atoms with van der Waals surface area (Å²) in [5.74, 6) is 0. The second-order valence-corrected chi connectivity index (χ2v) is 6.99. The SMILES string of the molecule is CCC(Cc1ccc(C)cc1)N(CC)C(=O)NC1CCC(O)CC1. The summed E-state index contributed by atoms with van der Waals surface area (Å²) >= 11 is 0. The maximum absolute atomic E-state index is 12.7. The van der Waals surface area contributed by atoms with Gasteiger partial charge >= 0.3 is 6.03 Å². The van der Waals surface area contributed by atoms with Crippen LogP contribution in [0.2, 0.25) is 0 Å². The lowest BCUT2D eigenvalue weighted by molar-refractivity contribution is 0.113. The number of hydrogen-bond acceptors (Lipinski definition) is 2. The number of likely N-dealkylation sites (N-methyl/N-ethyl adjacent to an activating group) is 1. The van der Waals surface area contributed by atoms with Crippen LogP contribution in [-0.2, 0) is 6.42 Å². The molecule has 4 heteroatoms. The molecule has 1 atom stereocenters. The average molecular weight is 332 g/mol. The predicted molar refractivity (Wildman–Crippen MR) is 98.1 cm³/mol. The normalized spacial score (nSPS) is 22.0. The molecule has 1 aromatic carbocycles. The minimum absolute atomic E-state index is 0.0397. The molecule has 0 aromatic heterocycles. The van der Waals surface area contributed by atoms with Crippen LogP contribution >= 0.6 is 0 Å². The number of aryl methyl sites for hydroxylation is 1. The Morgan fingerprint density at radius 3 is 2.38 bits per heavy atom. The van der Waals surface area contributed by atoms with Crippen LogP contribution in [0.1, 0.15) is 57.1 Å². The van der Waals surface area contributed by atoms with Crippen molar-refractivity contribution in [1.82, 2.24) is 10.2 Å². The zero-order chi connectivity index (χ0) is 17.5. The lowest BCUT2D eigenvalue weighted by Crippen LogP contribution is -2.50. The second kappa shape index (κ2) is 9.07. The van der Waals surface area contributed by atoms with Gasteiger partial charge in [-0.05, 0) is 57.9 Å². The Bertz CT molecular complexity index is 507. The van der Waals surface area contributed by atoms with Gasteiger partial charge in [0.2, 0.25) is 0 Å². The van der Waals surface area contributed by atoms with Gasteiger partial charge in [-0.1, -0.05) is 36.8 Å². The zero-order valence-electron chi connectivity index (χ0n) is 15.3. The van der Waals surface area contributed by atoms with Crippen molar-refractivity contribution in [2.45, 2.75) is 77.5 Å². The van der Waals surface area contributed by atoms with E-state index in [4.69, 9.17) is 0 Å². The third-order valence-electron chi connectivity index (χ3n) is 5.13. The summed E-state index contributed by atoms with van der Waals surface area (Å²) in [5, 5.41) is 12.8. The van der Waals surface area contributed by atoms with Gasteiger partial charge in [0.15, 0.2) is 0 Å². The van der Waals surface area contributed by atoms with E-state index in [0.717, 1.165) is 38.5 Å². The van der Waals surface area contributed by atoms with Gasteiger partial charge in [0.25, 0.3) is 0 Å². The minimum atomic E-state index is -0.189. The summed E-state index contributed by atoms with van der Waals surface area (Å²) in [5.41, 5.74) is 2.54. The highest BCUT2D eigenvalue weighted by atomic mass is 16.3. The Labute approximate surface area is 146 Å². The number of hydrogen-bond donors (Lipinski definition) is 2. The number of benzene rings is 1. The molecule has 0 bridgehead atoms. The average Bonchev–Trinajstić information content (AvgIpc) is 2.58. The molecule has 0 saturated heterocycles. The van der Waals surface area contributed by atoms with Crippen molar-refractivity contribution in [3.63, 3.8) is 0 Å². The Hall–Kier alpha value is -1.55. The van der Waals surface area contributed by atoms with Gasteiger partial charge in [-0.2, -0.15) is 0 Å². The molecule has 1 aromatic rings. The first-order chi connectivity index (χ1) is 11.5. The van der Waals surface area contributed by atoms with E-state index in [2.05, 4.69) is 43.4 Å². The Morgan fingerprint density at radius 1 is 1.21 bits per heavy atom. The Morgan fingerprint density at radius 2 is 1.83 bits per heavy atom. The van der Waals surface area contributed by atoms with Gasteiger partial charge in [-0.3, -0.25) is 0 Å². The predicted octanol–water partition coefficient (Wildman–Crippen LogP) is 3.65. The second-order valence-electron chi connectivity index (χ2n) is 6.99. The number of rotatable bonds is 6. The molecular formula is C20H32N2O2. The first kappa shape index (κ1) is 18.8. The van der Waals surface area contributed by atoms with Crippen LogP contribution in [0.5, 0.6) is 0 Å². The Kier molecular flexibility index (Phi) is 7.10. The number of aliphatic hydroxyl groups is 1. The highest BCUT2D eigenvalue weighted by Crippen LogP contribution is 2.19. The number of amides is 2. The van der Waals surface area contributed by atoms with E-state index in [1.165, 1.54) is 11.1 Å². The molecule has 1 saturated carbocycles. The van der Waals surface area contributed by atoms with Crippen molar-refractivity contribution in [2.24, 2.45) is 0 Å². The molecule has 0 spiro atoms. The quantitative estimate of drug-likeness (QED) is 0.835. The van der Waals surface area contributed by atoms with Crippen molar-refractivity contribution < 1.29 is 9.90 Å². The third-order valence-corrected chi connectivity index (χ3v) is 5.13. The number of carbonyl (C=O) groups excluding carboxylic acids is 1. The summed E-state index contributed by atoms with van der Waals surface area (Å²) in [6, 6.07) is 9.03. The van der Waals surface area contributed by atoms with E-state index < -0.39 is 0 Å². The minimum Gasteiger partial charge on any atom is -0.393 e. The highest BCUT2D eigenvalue weighted by Gasteiger charge is 2.25. The first-order valence-corrected chi connectivity index (χ1v) is 9.34. The van der Waals surface area contributed by atoms with E-state index >= 15 is 0 Å². The highest BCUT2D eigenvalue weighted by molar-refractivity contribution is 5.75. The Balaban J connectivity index is 1.95. The van der Waals surface area contributed by atoms with Crippen molar-refractivity contribution >= 4 is 6.03 Å². The lowest BCUT2D eigenvalue weighted by Gasteiger charge is -2.33. The molecule has 2 N–H and O–H groups in total. The van der Waals surface area contributed by atoms with E-state index in [-0.39, 0.29) is 24.2 Å². The van der Waals surface area contributed by atoms with Gasteiger partial charge in [0, 0.05) is 18.6 Å². The summed E-state index contributed by atoms with van der Waals surface area (Å²) in [4.78, 5) is 14.7. The standard InChI is InChI=1S/C20H32N2O2/c1-4-18(14-16-8-6-15(3)7-9-16)22(5-2)20(24)21-17-10-12-19(23)13-11-17/h6-9,17-19,23H,4-5,10-14H2,1-3H3,(H,21,24). The van der Waals surface area contributed by atoms with Crippen LogP contribution in [0.15, 0.2) is 24.3 Å². The summed E-state index contributed by atoms with van der Waals surface area (Å²) in [7, 11) is 0. The molecule has 134 valence electrons. The van der Waals surface area contributed by atoms with Crippen molar-refractivity contribution in [3.8, 4) is 0 Å². The maximum Gasteiger partial charge on any atom is 0.317 e. The van der Waals surface area contributed by atoms with E-state index in [1.807, 2.05) is 11.8 Å². The van der Waals surface area contributed by atoms with Crippen LogP contribution < -0.4 is 5.32 Å². The number of aliphatic hydroxyl groups excluding tert-OH is 1. The zero-order valence-corrected chi connectivity index (χ0v) is 15.3. The molecule has 1 unspecified atom stereocenters. The molecule has 0 radical (unpaired) electrons. The molecular weight excluding hydrogens is 300 g/mol. The fourth-order valence-corrected chi connectivity index (χ4v) is 3.52. The molecule has 1 aliphatic carbocycles. The fourth-order valence-electron chi connectivity index (χ4n) is 3.52. The monoisotopic (exact) mass is 332 g/mol. The van der Waals surface area contributed by atoms with E-state index in [1.54, 1.807) is 0 Å². The molecule has 24 heavy (non-hydrogen) atoms. The van der Waals surface area contributed by atoms with Crippen LogP contribution in [-0.4, -0.2) is 40.8 Å². The molecule has 2 amide bonds. The lowest BCUT2D eigenvalue weighted by atomic mass is 9.93. The fraction of sp³-hybridized carbons (Fsp3) is 0.650. The van der Waals surface area contributed by atoms with Crippen LogP contribution in [0, 0.1) is 6.92 Å². The first-order valence-electron chi connectivity index (χ1n) is 9.34. The van der Waals surface area contributed by atoms with E-state index in [0.29, 0.717) is 6.54 Å². The molecule has 0 heterocycles.